The Balaban J connectivity index is 1.92. The van der Waals surface area contributed by atoms with Gasteiger partial charge in [-0.1, -0.05) is 51.5 Å². The fraction of sp³-hybridized carbons (Fsp3) is 0.636. The van der Waals surface area contributed by atoms with Gasteiger partial charge in [-0.25, -0.2) is 0 Å². The number of nitrogens with zero attached hydrogens (tertiary/aromatic N) is 2. The van der Waals surface area contributed by atoms with Crippen molar-refractivity contribution in [1.82, 2.24) is 9.80 Å². The number of likely N-dealkylation sites (N-methyl/N-ethyl adjacent to an activating group) is 1. The lowest BCUT2D eigenvalue weighted by atomic mass is 9.87. The van der Waals surface area contributed by atoms with Crippen LogP contribution < -0.4 is 5.73 Å². The maximum atomic E-state index is 12.4. The first-order valence-corrected chi connectivity index (χ1v) is 11.2. The van der Waals surface area contributed by atoms with Crippen molar-refractivity contribution in [3.05, 3.63) is 35.4 Å². The van der Waals surface area contributed by atoms with Crippen LogP contribution in [0.25, 0.3) is 0 Å². The van der Waals surface area contributed by atoms with Crippen LogP contribution in [0.3, 0.4) is 0 Å². The molecule has 6 heteroatoms. The summed E-state index contributed by atoms with van der Waals surface area (Å²) in [7, 11) is 1.83. The Morgan fingerprint density at radius 2 is 1.89 bits per heavy atom. The van der Waals surface area contributed by atoms with Crippen molar-refractivity contribution in [3.8, 4) is 0 Å². The van der Waals surface area contributed by atoms with E-state index in [1.807, 2.05) is 11.9 Å². The maximum Gasteiger partial charge on any atom is 0.233 e. The summed E-state index contributed by atoms with van der Waals surface area (Å²) in [5.74, 6) is 0.795. The summed E-state index contributed by atoms with van der Waals surface area (Å²) in [4.78, 5) is 28.3. The molecule has 0 aromatic heterocycles. The van der Waals surface area contributed by atoms with E-state index in [4.69, 9.17) is 5.73 Å². The number of hydrogen-bond acceptors (Lipinski definition) is 4. The highest BCUT2D eigenvalue weighted by Crippen LogP contribution is 2.39. The van der Waals surface area contributed by atoms with Gasteiger partial charge in [0.1, 0.15) is 5.37 Å². The molecular formula is C22H35N3O2S. The predicted molar refractivity (Wildman–Crippen MR) is 117 cm³/mol. The monoisotopic (exact) mass is 405 g/mol. The summed E-state index contributed by atoms with van der Waals surface area (Å²) in [6.07, 6.45) is 3.38. The van der Waals surface area contributed by atoms with Gasteiger partial charge in [0.2, 0.25) is 11.8 Å². The molecule has 1 aromatic rings. The molecule has 1 aliphatic heterocycles. The zero-order valence-corrected chi connectivity index (χ0v) is 18.6. The third kappa shape index (κ3) is 6.24. The number of thioether (sulfide) groups is 1. The van der Waals surface area contributed by atoms with Crippen molar-refractivity contribution in [1.29, 1.82) is 0 Å². The summed E-state index contributed by atoms with van der Waals surface area (Å²) in [5, 5.41) is 0.0366. The average Bonchev–Trinajstić information content (AvgIpc) is 3.03. The summed E-state index contributed by atoms with van der Waals surface area (Å²) in [6, 6.07) is 8.59. The van der Waals surface area contributed by atoms with Crippen LogP contribution in [0.4, 0.5) is 0 Å². The van der Waals surface area contributed by atoms with Gasteiger partial charge < -0.3 is 15.5 Å². The molecule has 2 rings (SSSR count). The number of hydrogen-bond donors (Lipinski definition) is 1. The Kier molecular flexibility index (Phi) is 8.38. The second-order valence-corrected chi connectivity index (χ2v) is 9.61. The first kappa shape index (κ1) is 22.8. The molecule has 1 fully saturated rings. The molecule has 1 heterocycles. The molecule has 28 heavy (non-hydrogen) atoms. The van der Waals surface area contributed by atoms with E-state index >= 15 is 0 Å². The van der Waals surface area contributed by atoms with Gasteiger partial charge in [0, 0.05) is 26.6 Å². The molecule has 1 aliphatic rings. The van der Waals surface area contributed by atoms with Gasteiger partial charge in [0.25, 0.3) is 0 Å². The third-order valence-electron chi connectivity index (χ3n) is 5.23. The highest BCUT2D eigenvalue weighted by molar-refractivity contribution is 8.00. The first-order chi connectivity index (χ1) is 13.2. The highest BCUT2D eigenvalue weighted by Gasteiger charge is 2.33. The molecule has 0 aliphatic carbocycles. The number of carbonyl (C=O) groups is 2. The van der Waals surface area contributed by atoms with Crippen LogP contribution in [0.5, 0.6) is 0 Å². The SMILES string of the molecule is CN(CCN1C(=O)CSC1c1ccc(C(C)(C)C)cc1)C(=O)CCCCCN. The Labute approximate surface area is 174 Å². The Morgan fingerprint density at radius 1 is 1.21 bits per heavy atom. The summed E-state index contributed by atoms with van der Waals surface area (Å²) < 4.78 is 0. The number of carbonyl (C=O) groups excluding carboxylic acids is 2. The van der Waals surface area contributed by atoms with E-state index in [2.05, 4.69) is 45.0 Å². The van der Waals surface area contributed by atoms with E-state index in [9.17, 15) is 9.59 Å². The van der Waals surface area contributed by atoms with Gasteiger partial charge in [0.15, 0.2) is 0 Å². The number of rotatable bonds is 9. The molecule has 1 saturated heterocycles. The normalized spacial score (nSPS) is 17.2. The molecule has 0 bridgehead atoms. The molecule has 1 aromatic carbocycles. The number of benzene rings is 1. The van der Waals surface area contributed by atoms with E-state index in [1.54, 1.807) is 16.7 Å². The topological polar surface area (TPSA) is 66.6 Å². The summed E-state index contributed by atoms with van der Waals surface area (Å²) >= 11 is 1.67. The maximum absolute atomic E-state index is 12.4. The molecule has 156 valence electrons. The lowest BCUT2D eigenvalue weighted by Crippen LogP contribution is -2.38. The minimum atomic E-state index is 0.0366. The smallest absolute Gasteiger partial charge is 0.233 e. The number of nitrogens with two attached hydrogens (primary N) is 1. The zero-order valence-electron chi connectivity index (χ0n) is 17.7. The van der Waals surface area contributed by atoms with Gasteiger partial charge in [-0.15, -0.1) is 11.8 Å². The zero-order chi connectivity index (χ0) is 20.7. The molecule has 5 nitrogen and oxygen atoms in total. The van der Waals surface area contributed by atoms with Gasteiger partial charge in [-0.2, -0.15) is 0 Å². The van der Waals surface area contributed by atoms with Crippen LogP contribution in [0.1, 0.15) is 63.0 Å². The molecule has 0 spiro atoms. The van der Waals surface area contributed by atoms with Crippen LogP contribution in [-0.2, 0) is 15.0 Å². The van der Waals surface area contributed by atoms with Crippen LogP contribution in [-0.4, -0.2) is 54.0 Å². The Morgan fingerprint density at radius 3 is 2.50 bits per heavy atom. The fourth-order valence-electron chi connectivity index (χ4n) is 3.29. The third-order valence-corrected chi connectivity index (χ3v) is 6.48. The molecular weight excluding hydrogens is 370 g/mol. The lowest BCUT2D eigenvalue weighted by Gasteiger charge is -2.27. The second kappa shape index (κ2) is 10.3. The lowest BCUT2D eigenvalue weighted by molar-refractivity contribution is -0.133. The van der Waals surface area contributed by atoms with Gasteiger partial charge in [-0.05, 0) is 35.9 Å². The molecule has 2 N–H and O–H groups in total. The van der Waals surface area contributed by atoms with Crippen LogP contribution in [0.15, 0.2) is 24.3 Å². The molecule has 0 saturated carbocycles. The van der Waals surface area contributed by atoms with E-state index in [0.717, 1.165) is 24.8 Å². The van der Waals surface area contributed by atoms with Crippen molar-refractivity contribution < 1.29 is 9.59 Å². The van der Waals surface area contributed by atoms with Gasteiger partial charge in [0.05, 0.1) is 5.75 Å². The van der Waals surface area contributed by atoms with Crippen molar-refractivity contribution in [2.45, 2.75) is 57.2 Å². The molecule has 0 radical (unpaired) electrons. The van der Waals surface area contributed by atoms with Gasteiger partial charge >= 0.3 is 0 Å². The Hall–Kier alpha value is -1.53. The first-order valence-electron chi connectivity index (χ1n) is 10.2. The average molecular weight is 406 g/mol. The van der Waals surface area contributed by atoms with E-state index in [1.165, 1.54) is 5.56 Å². The quantitative estimate of drug-likeness (QED) is 0.638. The van der Waals surface area contributed by atoms with Crippen LogP contribution >= 0.6 is 11.8 Å². The standard InChI is InChI=1S/C22H35N3O2S/c1-22(2,3)18-11-9-17(10-12-18)21-25(20(27)16-28-21)15-14-24(4)19(26)8-6-5-7-13-23/h9-12,21H,5-8,13-16,23H2,1-4H3. The largest absolute Gasteiger partial charge is 0.344 e. The Bertz CT molecular complexity index is 655. The minimum Gasteiger partial charge on any atom is -0.344 e. The van der Waals surface area contributed by atoms with Crippen molar-refractivity contribution >= 4 is 23.6 Å². The van der Waals surface area contributed by atoms with Gasteiger partial charge in [-0.3, -0.25) is 9.59 Å². The predicted octanol–water partition coefficient (Wildman–Crippen LogP) is 3.54. The molecule has 2 amide bonds. The summed E-state index contributed by atoms with van der Waals surface area (Å²) in [5.41, 5.74) is 8.05. The van der Waals surface area contributed by atoms with E-state index in [0.29, 0.717) is 31.8 Å². The molecule has 1 atom stereocenters. The minimum absolute atomic E-state index is 0.0366. The van der Waals surface area contributed by atoms with Crippen LogP contribution in [0.2, 0.25) is 0 Å². The fourth-order valence-corrected chi connectivity index (χ4v) is 4.51. The summed E-state index contributed by atoms with van der Waals surface area (Å²) in [6.45, 7) is 8.42. The van der Waals surface area contributed by atoms with Crippen molar-refractivity contribution in [2.75, 3.05) is 32.4 Å². The van der Waals surface area contributed by atoms with Crippen molar-refractivity contribution in [2.24, 2.45) is 5.73 Å². The highest BCUT2D eigenvalue weighted by atomic mass is 32.2. The van der Waals surface area contributed by atoms with Crippen LogP contribution in [0, 0.1) is 0 Å². The molecule has 1 unspecified atom stereocenters. The van der Waals surface area contributed by atoms with E-state index in [-0.39, 0.29) is 22.6 Å². The number of amides is 2. The second-order valence-electron chi connectivity index (χ2n) is 8.54. The number of unbranched alkanes of at least 4 members (excludes halogenated alkanes) is 2. The van der Waals surface area contributed by atoms with Crippen molar-refractivity contribution in [3.63, 3.8) is 0 Å². The van der Waals surface area contributed by atoms with E-state index < -0.39 is 0 Å².